The number of aliphatic imine (C=N–C) groups is 1. The van der Waals surface area contributed by atoms with E-state index in [9.17, 15) is 8.42 Å². The summed E-state index contributed by atoms with van der Waals surface area (Å²) in [6.07, 6.45) is 3.26. The van der Waals surface area contributed by atoms with Crippen molar-refractivity contribution in [2.24, 2.45) is 4.99 Å². The molecule has 4 nitrogen and oxygen atoms in total. The van der Waals surface area contributed by atoms with Crippen molar-refractivity contribution in [1.82, 2.24) is 0 Å². The largest absolute Gasteiger partial charge is 0.344 e. The fourth-order valence-electron chi connectivity index (χ4n) is 1.59. The number of hydrogen-bond donors (Lipinski definition) is 1. The molecular formula is C11H14N2O2S. The molecule has 0 amide bonds. The second kappa shape index (κ2) is 4.25. The highest BCUT2D eigenvalue weighted by Crippen LogP contribution is 2.15. The molecule has 1 aliphatic heterocycles. The molecule has 0 spiro atoms. The van der Waals surface area contributed by atoms with E-state index >= 15 is 0 Å². The van der Waals surface area contributed by atoms with Crippen molar-refractivity contribution in [3.8, 4) is 0 Å². The summed E-state index contributed by atoms with van der Waals surface area (Å²) in [6, 6.07) is 6.73. The molecule has 16 heavy (non-hydrogen) atoms. The molecule has 5 heteroatoms. The maximum absolute atomic E-state index is 11.2. The van der Waals surface area contributed by atoms with Gasteiger partial charge in [0.05, 0.1) is 4.90 Å². The average Bonchev–Trinajstić information content (AvgIpc) is 2.70. The maximum Gasteiger partial charge on any atom is 0.175 e. The fraction of sp³-hybridized carbons (Fsp3) is 0.364. The van der Waals surface area contributed by atoms with E-state index in [0.717, 1.165) is 30.9 Å². The number of sulfone groups is 1. The monoisotopic (exact) mass is 238 g/mol. The molecule has 0 aromatic heterocycles. The Morgan fingerprint density at radius 3 is 2.44 bits per heavy atom. The number of nitrogens with one attached hydrogen (secondary N) is 1. The molecule has 2 rings (SSSR count). The van der Waals surface area contributed by atoms with Gasteiger partial charge in [0, 0.05) is 24.9 Å². The van der Waals surface area contributed by atoms with Gasteiger partial charge in [-0.2, -0.15) is 0 Å². The van der Waals surface area contributed by atoms with E-state index in [2.05, 4.69) is 10.3 Å². The summed E-state index contributed by atoms with van der Waals surface area (Å²) in [4.78, 5) is 4.63. The number of amidine groups is 1. The van der Waals surface area contributed by atoms with E-state index in [1.165, 1.54) is 6.26 Å². The molecule has 1 N–H and O–H groups in total. The Labute approximate surface area is 95.3 Å². The van der Waals surface area contributed by atoms with Crippen LogP contribution in [0, 0.1) is 0 Å². The highest BCUT2D eigenvalue weighted by atomic mass is 32.2. The van der Waals surface area contributed by atoms with Crippen LogP contribution in [0.25, 0.3) is 0 Å². The molecule has 1 aromatic rings. The van der Waals surface area contributed by atoms with Gasteiger partial charge in [0.15, 0.2) is 9.84 Å². The van der Waals surface area contributed by atoms with Crippen LogP contribution in [0.4, 0.5) is 5.69 Å². The quantitative estimate of drug-likeness (QED) is 0.853. The second-order valence-corrected chi connectivity index (χ2v) is 5.87. The van der Waals surface area contributed by atoms with Crippen molar-refractivity contribution < 1.29 is 8.42 Å². The van der Waals surface area contributed by atoms with Gasteiger partial charge < -0.3 is 5.32 Å². The van der Waals surface area contributed by atoms with Gasteiger partial charge in [0.2, 0.25) is 0 Å². The highest BCUT2D eigenvalue weighted by Gasteiger charge is 2.08. The Hall–Kier alpha value is -1.36. The zero-order valence-electron chi connectivity index (χ0n) is 9.10. The smallest absolute Gasteiger partial charge is 0.175 e. The van der Waals surface area contributed by atoms with Crippen molar-refractivity contribution in [2.75, 3.05) is 18.1 Å². The minimum absolute atomic E-state index is 0.339. The second-order valence-electron chi connectivity index (χ2n) is 3.85. The number of hydrogen-bond acceptors (Lipinski definition) is 4. The average molecular weight is 238 g/mol. The molecule has 86 valence electrons. The predicted octanol–water partition coefficient (Wildman–Crippen LogP) is 1.69. The lowest BCUT2D eigenvalue weighted by Gasteiger charge is -2.06. The van der Waals surface area contributed by atoms with Crippen LogP contribution in [-0.2, 0) is 9.84 Å². The van der Waals surface area contributed by atoms with Gasteiger partial charge in [-0.05, 0) is 30.7 Å². The molecule has 0 fully saturated rings. The molecule has 0 saturated carbocycles. The van der Waals surface area contributed by atoms with E-state index in [1.807, 2.05) is 0 Å². The summed E-state index contributed by atoms with van der Waals surface area (Å²) in [5.41, 5.74) is 0.882. The molecule has 0 aliphatic carbocycles. The minimum atomic E-state index is -3.10. The fourth-order valence-corrected chi connectivity index (χ4v) is 2.22. The van der Waals surface area contributed by atoms with Crippen LogP contribution in [0.3, 0.4) is 0 Å². The van der Waals surface area contributed by atoms with Gasteiger partial charge in [-0.25, -0.2) is 8.42 Å². The SMILES string of the molecule is CS(=O)(=O)c1ccc(NC2=NCCC2)cc1. The van der Waals surface area contributed by atoms with Crippen LogP contribution in [0.1, 0.15) is 12.8 Å². The van der Waals surface area contributed by atoms with Crippen LogP contribution in [0.15, 0.2) is 34.2 Å². The maximum atomic E-state index is 11.2. The van der Waals surface area contributed by atoms with Crippen LogP contribution >= 0.6 is 0 Å². The van der Waals surface area contributed by atoms with Gasteiger partial charge in [-0.3, -0.25) is 4.99 Å². The van der Waals surface area contributed by atoms with Gasteiger partial charge >= 0.3 is 0 Å². The molecule has 1 aromatic carbocycles. The lowest BCUT2D eigenvalue weighted by molar-refractivity contribution is 0.602. The van der Waals surface area contributed by atoms with E-state index in [-0.39, 0.29) is 0 Å². The predicted molar refractivity (Wildman–Crippen MR) is 64.7 cm³/mol. The number of anilines is 1. The summed E-state index contributed by atoms with van der Waals surface area (Å²) in [7, 11) is -3.10. The molecule has 0 unspecified atom stereocenters. The standard InChI is InChI=1S/C11H14N2O2S/c1-16(14,15)10-6-4-9(5-7-10)13-11-3-2-8-12-11/h4-7H,2-3,8H2,1H3,(H,12,13). The molecule has 0 bridgehead atoms. The van der Waals surface area contributed by atoms with E-state index in [1.54, 1.807) is 24.3 Å². The van der Waals surface area contributed by atoms with Crippen LogP contribution in [-0.4, -0.2) is 27.1 Å². The van der Waals surface area contributed by atoms with Gasteiger partial charge in [0.25, 0.3) is 0 Å². The summed E-state index contributed by atoms with van der Waals surface area (Å²) in [6.45, 7) is 0.879. The zero-order valence-corrected chi connectivity index (χ0v) is 9.92. The third-order valence-corrected chi connectivity index (χ3v) is 3.57. The van der Waals surface area contributed by atoms with Gasteiger partial charge in [-0.15, -0.1) is 0 Å². The van der Waals surface area contributed by atoms with E-state index < -0.39 is 9.84 Å². The first kappa shape index (κ1) is 11.1. The Kier molecular flexibility index (Phi) is 2.96. The van der Waals surface area contributed by atoms with Crippen molar-refractivity contribution in [2.45, 2.75) is 17.7 Å². The summed E-state index contributed by atoms with van der Waals surface area (Å²) >= 11 is 0. The van der Waals surface area contributed by atoms with Crippen molar-refractivity contribution in [1.29, 1.82) is 0 Å². The summed E-state index contributed by atoms with van der Waals surface area (Å²) in [5.74, 6) is 0.979. The van der Waals surface area contributed by atoms with Crippen molar-refractivity contribution in [3.05, 3.63) is 24.3 Å². The number of rotatable bonds is 2. The Bertz CT molecular complexity index is 503. The third-order valence-electron chi connectivity index (χ3n) is 2.45. The van der Waals surface area contributed by atoms with Crippen LogP contribution in [0.2, 0.25) is 0 Å². The molecule has 0 radical (unpaired) electrons. The molecule has 1 aliphatic rings. The first-order valence-electron chi connectivity index (χ1n) is 5.16. The topological polar surface area (TPSA) is 58.5 Å². The van der Waals surface area contributed by atoms with Crippen molar-refractivity contribution >= 4 is 21.4 Å². The number of benzene rings is 1. The van der Waals surface area contributed by atoms with Crippen LogP contribution < -0.4 is 5.32 Å². The summed E-state index contributed by atoms with van der Waals surface area (Å²) in [5, 5.41) is 3.17. The summed E-state index contributed by atoms with van der Waals surface area (Å²) < 4.78 is 22.5. The molecule has 0 saturated heterocycles. The van der Waals surface area contributed by atoms with Crippen molar-refractivity contribution in [3.63, 3.8) is 0 Å². The van der Waals surface area contributed by atoms with Gasteiger partial charge in [-0.1, -0.05) is 0 Å². The lowest BCUT2D eigenvalue weighted by Crippen LogP contribution is -2.08. The van der Waals surface area contributed by atoms with Crippen LogP contribution in [0.5, 0.6) is 0 Å². The first-order chi connectivity index (χ1) is 7.55. The van der Waals surface area contributed by atoms with E-state index in [0.29, 0.717) is 4.90 Å². The van der Waals surface area contributed by atoms with E-state index in [4.69, 9.17) is 0 Å². The Balaban J connectivity index is 2.13. The highest BCUT2D eigenvalue weighted by molar-refractivity contribution is 7.90. The number of nitrogens with zero attached hydrogens (tertiary/aromatic N) is 1. The third kappa shape index (κ3) is 2.61. The molecular weight excluding hydrogens is 224 g/mol. The molecule has 1 heterocycles. The zero-order chi connectivity index (χ0) is 11.6. The molecule has 0 atom stereocenters. The Morgan fingerprint density at radius 2 is 1.94 bits per heavy atom. The Morgan fingerprint density at radius 1 is 1.25 bits per heavy atom. The first-order valence-corrected chi connectivity index (χ1v) is 7.05. The minimum Gasteiger partial charge on any atom is -0.344 e. The van der Waals surface area contributed by atoms with Gasteiger partial charge in [0.1, 0.15) is 5.84 Å². The normalized spacial score (nSPS) is 15.9. The lowest BCUT2D eigenvalue weighted by atomic mass is 10.3.